The number of nitrogens with zero attached hydrogens (tertiary/aromatic N) is 2. The molecule has 0 aliphatic carbocycles. The second-order valence-electron chi connectivity index (χ2n) is 4.46. The first-order valence-corrected chi connectivity index (χ1v) is 8.99. The smallest absolute Gasteiger partial charge is 0.232 e. The largest absolute Gasteiger partial charge is 0.480 e. The molecule has 2 rings (SSSR count). The first-order chi connectivity index (χ1) is 9.30. The molecular weight excluding hydrogens is 372 g/mol. The van der Waals surface area contributed by atoms with E-state index in [4.69, 9.17) is 15.4 Å². The van der Waals surface area contributed by atoms with Gasteiger partial charge >= 0.3 is 0 Å². The Hall–Kier alpha value is -0.860. The summed E-state index contributed by atoms with van der Waals surface area (Å²) in [5, 5.41) is 0. The minimum atomic E-state index is -3.61. The van der Waals surface area contributed by atoms with Crippen LogP contribution in [-0.4, -0.2) is 38.7 Å². The monoisotopic (exact) mass is 382 g/mol. The molecule has 1 aromatic rings. The predicted octanol–water partition coefficient (Wildman–Crippen LogP) is 1.77. The number of hydrogen-bond acceptors (Lipinski definition) is 5. The Morgan fingerprint density at radius 2 is 2.30 bits per heavy atom. The molecule has 9 heteroatoms. The number of aromatic nitrogens is 1. The van der Waals surface area contributed by atoms with Gasteiger partial charge in [0.15, 0.2) is 0 Å². The molecule has 1 saturated heterocycles. The van der Waals surface area contributed by atoms with Gasteiger partial charge in [-0.3, -0.25) is 4.79 Å². The molecule has 1 amide bonds. The Bertz CT molecular complexity index is 637. The number of ether oxygens (including phenoxy) is 1. The van der Waals surface area contributed by atoms with E-state index in [1.807, 2.05) is 0 Å². The van der Waals surface area contributed by atoms with Gasteiger partial charge in [0.1, 0.15) is 0 Å². The van der Waals surface area contributed by atoms with Crippen LogP contribution in [0, 0.1) is 5.92 Å². The van der Waals surface area contributed by atoms with Crippen LogP contribution in [0.4, 0.5) is 5.69 Å². The summed E-state index contributed by atoms with van der Waals surface area (Å²) in [6, 6.07) is 1.71. The number of carbonyl (C=O) groups is 1. The maximum atomic E-state index is 12.0. The maximum absolute atomic E-state index is 12.0. The standard InChI is InChI=1S/C11H12BrClN2O4S/c1-19-11-9(12)3-8(4-14-11)15-5-7(2-10(15)16)6-20(13,17)18/h3-4,7H,2,5-6H2,1H3. The zero-order valence-electron chi connectivity index (χ0n) is 10.5. The van der Waals surface area contributed by atoms with Crippen molar-refractivity contribution in [2.24, 2.45) is 5.92 Å². The van der Waals surface area contributed by atoms with E-state index in [1.54, 1.807) is 6.07 Å². The van der Waals surface area contributed by atoms with Gasteiger partial charge in [-0.25, -0.2) is 13.4 Å². The van der Waals surface area contributed by atoms with Crippen LogP contribution in [0.15, 0.2) is 16.7 Å². The highest BCUT2D eigenvalue weighted by atomic mass is 79.9. The molecule has 1 unspecified atom stereocenters. The number of anilines is 1. The molecule has 0 saturated carbocycles. The van der Waals surface area contributed by atoms with Crippen molar-refractivity contribution in [1.82, 2.24) is 4.98 Å². The Morgan fingerprint density at radius 1 is 1.60 bits per heavy atom. The highest BCUT2D eigenvalue weighted by molar-refractivity contribution is 9.10. The Balaban J connectivity index is 2.18. The molecular formula is C11H12BrClN2O4S. The molecule has 6 nitrogen and oxygen atoms in total. The lowest BCUT2D eigenvalue weighted by atomic mass is 10.1. The van der Waals surface area contributed by atoms with Gasteiger partial charge in [-0.15, -0.1) is 0 Å². The molecule has 1 aliphatic heterocycles. The third kappa shape index (κ3) is 3.62. The van der Waals surface area contributed by atoms with Gasteiger partial charge < -0.3 is 9.64 Å². The van der Waals surface area contributed by atoms with E-state index < -0.39 is 9.05 Å². The molecule has 1 aromatic heterocycles. The predicted molar refractivity (Wildman–Crippen MR) is 78.6 cm³/mol. The van der Waals surface area contributed by atoms with Gasteiger partial charge in [-0.05, 0) is 22.0 Å². The van der Waals surface area contributed by atoms with Gasteiger partial charge in [0.2, 0.25) is 20.8 Å². The van der Waals surface area contributed by atoms with E-state index in [-0.39, 0.29) is 24.0 Å². The molecule has 110 valence electrons. The van der Waals surface area contributed by atoms with E-state index in [9.17, 15) is 13.2 Å². The van der Waals surface area contributed by atoms with Crippen molar-refractivity contribution in [2.45, 2.75) is 6.42 Å². The summed E-state index contributed by atoms with van der Waals surface area (Å²) < 4.78 is 27.8. The topological polar surface area (TPSA) is 76.6 Å². The summed E-state index contributed by atoms with van der Waals surface area (Å²) in [5.74, 6) is -0.234. The average Bonchev–Trinajstić information content (AvgIpc) is 2.67. The molecule has 0 radical (unpaired) electrons. The zero-order chi connectivity index (χ0) is 14.9. The van der Waals surface area contributed by atoms with E-state index in [0.29, 0.717) is 22.6 Å². The molecule has 1 fully saturated rings. The number of carbonyl (C=O) groups excluding carboxylic acids is 1. The Morgan fingerprint density at radius 3 is 2.85 bits per heavy atom. The normalized spacial score (nSPS) is 19.4. The van der Waals surface area contributed by atoms with Crippen molar-refractivity contribution in [3.8, 4) is 5.88 Å². The first kappa shape index (κ1) is 15.5. The van der Waals surface area contributed by atoms with Gasteiger partial charge in [0.05, 0.1) is 29.2 Å². The van der Waals surface area contributed by atoms with Crippen molar-refractivity contribution < 1.29 is 17.9 Å². The summed E-state index contributed by atoms with van der Waals surface area (Å²) in [4.78, 5) is 17.5. The van der Waals surface area contributed by atoms with Crippen LogP contribution < -0.4 is 9.64 Å². The quantitative estimate of drug-likeness (QED) is 0.741. The summed E-state index contributed by atoms with van der Waals surface area (Å²) in [7, 11) is 3.11. The molecule has 2 heterocycles. The molecule has 0 N–H and O–H groups in total. The Labute approximate surface area is 129 Å². The SMILES string of the molecule is COc1ncc(N2CC(CS(=O)(=O)Cl)CC2=O)cc1Br. The second-order valence-corrected chi connectivity index (χ2v) is 8.14. The van der Waals surface area contributed by atoms with Crippen molar-refractivity contribution in [3.05, 3.63) is 16.7 Å². The Kier molecular flexibility index (Phi) is 4.55. The van der Waals surface area contributed by atoms with Crippen LogP contribution in [0.5, 0.6) is 5.88 Å². The highest BCUT2D eigenvalue weighted by Gasteiger charge is 2.33. The third-order valence-corrected chi connectivity index (χ3v) is 4.75. The van der Waals surface area contributed by atoms with E-state index in [1.165, 1.54) is 18.2 Å². The number of rotatable bonds is 4. The van der Waals surface area contributed by atoms with E-state index in [2.05, 4.69) is 20.9 Å². The van der Waals surface area contributed by atoms with Crippen LogP contribution in [0.25, 0.3) is 0 Å². The lowest BCUT2D eigenvalue weighted by Crippen LogP contribution is -2.25. The fourth-order valence-corrected chi connectivity index (χ4v) is 3.96. The summed E-state index contributed by atoms with van der Waals surface area (Å²) in [6.07, 6.45) is 1.68. The number of halogens is 2. The molecule has 0 spiro atoms. The second kappa shape index (κ2) is 5.87. The van der Waals surface area contributed by atoms with Crippen LogP contribution in [0.2, 0.25) is 0 Å². The third-order valence-electron chi connectivity index (χ3n) is 2.94. The minimum Gasteiger partial charge on any atom is -0.480 e. The number of amides is 1. The molecule has 1 atom stereocenters. The number of pyridine rings is 1. The van der Waals surface area contributed by atoms with Crippen LogP contribution in [0.1, 0.15) is 6.42 Å². The maximum Gasteiger partial charge on any atom is 0.232 e. The number of methoxy groups -OCH3 is 1. The lowest BCUT2D eigenvalue weighted by Gasteiger charge is -2.17. The van der Waals surface area contributed by atoms with Crippen molar-refractivity contribution in [2.75, 3.05) is 24.3 Å². The average molecular weight is 384 g/mol. The fourth-order valence-electron chi connectivity index (χ4n) is 2.14. The van der Waals surface area contributed by atoms with Gasteiger partial charge in [0.25, 0.3) is 0 Å². The van der Waals surface area contributed by atoms with Crippen LogP contribution >= 0.6 is 26.6 Å². The minimum absolute atomic E-state index is 0.144. The molecule has 0 aromatic carbocycles. The fraction of sp³-hybridized carbons (Fsp3) is 0.455. The van der Waals surface area contributed by atoms with Gasteiger partial charge in [-0.2, -0.15) is 0 Å². The molecule has 1 aliphatic rings. The summed E-state index contributed by atoms with van der Waals surface area (Å²) in [5.41, 5.74) is 0.595. The zero-order valence-corrected chi connectivity index (χ0v) is 13.7. The lowest BCUT2D eigenvalue weighted by molar-refractivity contribution is -0.117. The first-order valence-electron chi connectivity index (χ1n) is 5.72. The highest BCUT2D eigenvalue weighted by Crippen LogP contribution is 2.31. The van der Waals surface area contributed by atoms with Gasteiger partial charge in [0, 0.05) is 29.6 Å². The van der Waals surface area contributed by atoms with Crippen molar-refractivity contribution in [3.63, 3.8) is 0 Å². The van der Waals surface area contributed by atoms with Crippen molar-refractivity contribution in [1.29, 1.82) is 0 Å². The van der Waals surface area contributed by atoms with Crippen LogP contribution in [0.3, 0.4) is 0 Å². The van der Waals surface area contributed by atoms with Crippen LogP contribution in [-0.2, 0) is 13.8 Å². The number of hydrogen-bond donors (Lipinski definition) is 0. The summed E-state index contributed by atoms with van der Waals surface area (Å²) >= 11 is 3.30. The molecule has 0 bridgehead atoms. The van der Waals surface area contributed by atoms with Gasteiger partial charge in [-0.1, -0.05) is 0 Å². The summed E-state index contributed by atoms with van der Waals surface area (Å²) in [6.45, 7) is 0.311. The molecule has 20 heavy (non-hydrogen) atoms. The van der Waals surface area contributed by atoms with Crippen molar-refractivity contribution >= 4 is 47.3 Å². The van der Waals surface area contributed by atoms with E-state index in [0.717, 1.165) is 0 Å². The van der Waals surface area contributed by atoms with E-state index >= 15 is 0 Å².